The van der Waals surface area contributed by atoms with Crippen molar-refractivity contribution < 1.29 is 18.9 Å². The fraction of sp³-hybridized carbons (Fsp3) is 0.346. The number of hydrogen-bond donors (Lipinski definition) is 2. The summed E-state index contributed by atoms with van der Waals surface area (Å²) in [5.41, 5.74) is 1.24. The van der Waals surface area contributed by atoms with E-state index < -0.39 is 11.8 Å². The van der Waals surface area contributed by atoms with Gasteiger partial charge in [0.15, 0.2) is 5.69 Å². The van der Waals surface area contributed by atoms with Gasteiger partial charge in [0, 0.05) is 31.8 Å². The maximum absolute atomic E-state index is 13.1. The van der Waals surface area contributed by atoms with E-state index in [1.54, 1.807) is 18.2 Å². The van der Waals surface area contributed by atoms with Crippen molar-refractivity contribution in [3.8, 4) is 0 Å². The van der Waals surface area contributed by atoms with E-state index >= 15 is 0 Å². The molecule has 2 N–H and O–H groups in total. The summed E-state index contributed by atoms with van der Waals surface area (Å²) in [6.07, 6.45) is 7.06. The van der Waals surface area contributed by atoms with Crippen LogP contribution in [0.3, 0.4) is 0 Å². The number of likely N-dealkylation sites (N-methyl/N-ethyl adjacent to an activating group) is 1. The molecule has 0 aliphatic carbocycles. The molecule has 1 aromatic carbocycles. The van der Waals surface area contributed by atoms with Crippen molar-refractivity contribution >= 4 is 52.2 Å². The molecule has 0 spiro atoms. The van der Waals surface area contributed by atoms with Crippen LogP contribution in [0.15, 0.2) is 53.6 Å². The second-order valence-electron chi connectivity index (χ2n) is 9.24. The molecule has 4 rings (SSSR count). The molecular formula is C26H30ClN7O4. The smallest absolute Gasteiger partial charge is 0.280 e. The number of carbonyl (C=O) groups is 3. The van der Waals surface area contributed by atoms with Gasteiger partial charge in [-0.3, -0.25) is 25.0 Å². The molecule has 0 radical (unpaired) electrons. The van der Waals surface area contributed by atoms with Gasteiger partial charge in [0.1, 0.15) is 0 Å². The third kappa shape index (κ3) is 6.29. The van der Waals surface area contributed by atoms with E-state index in [0.717, 1.165) is 25.3 Å². The molecular weight excluding hydrogens is 510 g/mol. The number of nitrogens with zero attached hydrogens (tertiary/aromatic N) is 5. The Labute approximate surface area is 225 Å². The van der Waals surface area contributed by atoms with Gasteiger partial charge in [0.25, 0.3) is 5.91 Å². The predicted molar refractivity (Wildman–Crippen MR) is 145 cm³/mol. The van der Waals surface area contributed by atoms with Gasteiger partial charge in [-0.25, -0.2) is 4.98 Å². The second kappa shape index (κ2) is 12.1. The number of anilines is 2. The number of para-hydroxylation sites is 1. The molecule has 11 nitrogen and oxygen atoms in total. The maximum atomic E-state index is 13.1. The number of carbonyl (C=O) groups excluding carboxylic acids is 3. The summed E-state index contributed by atoms with van der Waals surface area (Å²) >= 11 is 6.61. The number of imidazole rings is 1. The SMILES string of the molecule is C=CC(=O)Nc1cc(C(=O)Nc2nc3cccc(Cl)c3n2[C@@H]2CCCCN(C(=O)/C=C/CN(C)C)C2)no1. The molecule has 3 heterocycles. The fourth-order valence-electron chi connectivity index (χ4n) is 4.33. The van der Waals surface area contributed by atoms with Crippen molar-refractivity contribution in [2.45, 2.75) is 25.3 Å². The topological polar surface area (TPSA) is 126 Å². The largest absolute Gasteiger partial charge is 0.338 e. The minimum absolute atomic E-state index is 0.0110. The number of rotatable bonds is 8. The molecule has 200 valence electrons. The summed E-state index contributed by atoms with van der Waals surface area (Å²) in [7, 11) is 3.88. The van der Waals surface area contributed by atoms with Gasteiger partial charge in [-0.15, -0.1) is 0 Å². The van der Waals surface area contributed by atoms with Crippen molar-refractivity contribution in [2.24, 2.45) is 0 Å². The van der Waals surface area contributed by atoms with Gasteiger partial charge in [-0.1, -0.05) is 35.5 Å². The van der Waals surface area contributed by atoms with Crippen LogP contribution in [0.4, 0.5) is 11.8 Å². The van der Waals surface area contributed by atoms with Gasteiger partial charge < -0.3 is 18.9 Å². The van der Waals surface area contributed by atoms with Crippen molar-refractivity contribution in [3.05, 3.63) is 59.8 Å². The van der Waals surface area contributed by atoms with Gasteiger partial charge in [0.05, 0.1) is 22.1 Å². The number of amides is 3. The monoisotopic (exact) mass is 539 g/mol. The van der Waals surface area contributed by atoms with Gasteiger partial charge in [-0.05, 0) is 51.6 Å². The number of nitrogens with one attached hydrogen (secondary N) is 2. The highest BCUT2D eigenvalue weighted by Gasteiger charge is 2.28. The van der Waals surface area contributed by atoms with Crippen LogP contribution in [0.5, 0.6) is 0 Å². The van der Waals surface area contributed by atoms with E-state index in [1.165, 1.54) is 6.07 Å². The van der Waals surface area contributed by atoms with Crippen molar-refractivity contribution in [3.63, 3.8) is 0 Å². The van der Waals surface area contributed by atoms with Crippen LogP contribution >= 0.6 is 11.6 Å². The lowest BCUT2D eigenvalue weighted by Gasteiger charge is -2.26. The summed E-state index contributed by atoms with van der Waals surface area (Å²) in [5.74, 6) is -0.837. The van der Waals surface area contributed by atoms with Crippen molar-refractivity contribution in [1.82, 2.24) is 24.5 Å². The zero-order valence-electron chi connectivity index (χ0n) is 21.3. The first-order chi connectivity index (χ1) is 18.3. The highest BCUT2D eigenvalue weighted by molar-refractivity contribution is 6.35. The van der Waals surface area contributed by atoms with Crippen LogP contribution in [-0.4, -0.2) is 76.0 Å². The molecule has 1 aliphatic heterocycles. The standard InChI is InChI=1S/C26H30ClN7O4/c1-4-21(35)29-22-15-20(31-38-22)25(37)30-26-28-19-11-7-10-18(27)24(19)34(26)17-9-5-6-14-33(16-17)23(36)12-8-13-32(2)3/h4,7-8,10-12,15,17H,1,5-6,9,13-14,16H2,2-3H3,(H,29,35)(H,28,30,37)/b12-8+/t17-/m1/s1. The lowest BCUT2D eigenvalue weighted by molar-refractivity contribution is -0.126. The van der Waals surface area contributed by atoms with Crippen LogP contribution in [0.2, 0.25) is 5.02 Å². The Bertz CT molecular complexity index is 1380. The first kappa shape index (κ1) is 27.1. The zero-order chi connectivity index (χ0) is 27.2. The molecule has 1 fully saturated rings. The molecule has 3 amide bonds. The minimum Gasteiger partial charge on any atom is -0.338 e. The Hall–Kier alpha value is -3.96. The van der Waals surface area contributed by atoms with E-state index in [2.05, 4.69) is 27.4 Å². The molecule has 1 aliphatic rings. The lowest BCUT2D eigenvalue weighted by atomic mass is 10.1. The Balaban J connectivity index is 1.63. The average Bonchev–Trinajstić information content (AvgIpc) is 3.41. The summed E-state index contributed by atoms with van der Waals surface area (Å²) in [6.45, 7) is 5.12. The van der Waals surface area contributed by atoms with Crippen LogP contribution < -0.4 is 10.6 Å². The van der Waals surface area contributed by atoms with Crippen LogP contribution in [-0.2, 0) is 9.59 Å². The van der Waals surface area contributed by atoms with Crippen molar-refractivity contribution in [2.75, 3.05) is 44.4 Å². The number of halogens is 1. The summed E-state index contributed by atoms with van der Waals surface area (Å²) in [5, 5.41) is 9.45. The Morgan fingerprint density at radius 3 is 2.84 bits per heavy atom. The third-order valence-electron chi connectivity index (χ3n) is 6.12. The molecule has 1 atom stereocenters. The normalized spacial score (nSPS) is 16.1. The van der Waals surface area contributed by atoms with Crippen LogP contribution in [0.1, 0.15) is 35.8 Å². The highest BCUT2D eigenvalue weighted by atomic mass is 35.5. The van der Waals surface area contributed by atoms with Gasteiger partial charge in [-0.2, -0.15) is 0 Å². The molecule has 12 heteroatoms. The van der Waals surface area contributed by atoms with Crippen molar-refractivity contribution in [1.29, 1.82) is 0 Å². The van der Waals surface area contributed by atoms with E-state index in [1.807, 2.05) is 40.6 Å². The molecule has 3 aromatic rings. The van der Waals surface area contributed by atoms with Crippen LogP contribution in [0, 0.1) is 0 Å². The average molecular weight is 540 g/mol. The summed E-state index contributed by atoms with van der Waals surface area (Å²) < 4.78 is 6.93. The fourth-order valence-corrected chi connectivity index (χ4v) is 4.59. The van der Waals surface area contributed by atoms with Gasteiger partial charge >= 0.3 is 0 Å². The van der Waals surface area contributed by atoms with E-state index in [-0.39, 0.29) is 29.5 Å². The number of aromatic nitrogens is 3. The molecule has 0 unspecified atom stereocenters. The predicted octanol–water partition coefficient (Wildman–Crippen LogP) is 3.73. The van der Waals surface area contributed by atoms with E-state index in [0.29, 0.717) is 35.7 Å². The Morgan fingerprint density at radius 2 is 2.08 bits per heavy atom. The molecule has 2 aromatic heterocycles. The quantitative estimate of drug-likeness (QED) is 0.418. The highest BCUT2D eigenvalue weighted by Crippen LogP contribution is 2.34. The minimum atomic E-state index is -0.575. The lowest BCUT2D eigenvalue weighted by Crippen LogP contribution is -2.34. The first-order valence-electron chi connectivity index (χ1n) is 12.2. The maximum Gasteiger partial charge on any atom is 0.280 e. The number of likely N-dealkylation sites (tertiary alicyclic amines) is 1. The molecule has 38 heavy (non-hydrogen) atoms. The van der Waals surface area contributed by atoms with Gasteiger partial charge in [0.2, 0.25) is 23.6 Å². The number of fused-ring (bicyclic) bond motifs is 1. The molecule has 0 saturated carbocycles. The second-order valence-corrected chi connectivity index (χ2v) is 9.64. The third-order valence-corrected chi connectivity index (χ3v) is 6.42. The summed E-state index contributed by atoms with van der Waals surface area (Å²) in [4.78, 5) is 46.0. The number of benzene rings is 1. The van der Waals surface area contributed by atoms with E-state index in [9.17, 15) is 14.4 Å². The number of hydrogen-bond acceptors (Lipinski definition) is 7. The Morgan fingerprint density at radius 1 is 1.26 bits per heavy atom. The first-order valence-corrected chi connectivity index (χ1v) is 12.6. The van der Waals surface area contributed by atoms with E-state index in [4.69, 9.17) is 16.1 Å². The van der Waals surface area contributed by atoms with Crippen LogP contribution in [0.25, 0.3) is 11.0 Å². The Kier molecular flexibility index (Phi) is 8.59. The molecule has 0 bridgehead atoms. The summed E-state index contributed by atoms with van der Waals surface area (Å²) in [6, 6.07) is 6.50. The zero-order valence-corrected chi connectivity index (χ0v) is 22.1. The molecule has 1 saturated heterocycles.